The van der Waals surface area contributed by atoms with Crippen molar-refractivity contribution >= 4 is 0 Å². The summed E-state index contributed by atoms with van der Waals surface area (Å²) in [5, 5.41) is 0. The van der Waals surface area contributed by atoms with Crippen molar-refractivity contribution in [3.8, 4) is 0 Å². The minimum absolute atomic E-state index is 0.241. The van der Waals surface area contributed by atoms with Crippen LogP contribution in [0.2, 0.25) is 0 Å². The van der Waals surface area contributed by atoms with E-state index in [1.54, 1.807) is 0 Å². The standard InChI is InChI=1S/C9H19NO/c1-3-11-7(2)9(10)8-5-4-6-8/h7-9H,3-6,10H2,1-2H3. The average molecular weight is 157 g/mol. The summed E-state index contributed by atoms with van der Waals surface area (Å²) in [6.45, 7) is 4.87. The van der Waals surface area contributed by atoms with Gasteiger partial charge in [0.1, 0.15) is 0 Å². The van der Waals surface area contributed by atoms with Gasteiger partial charge in [-0.1, -0.05) is 6.42 Å². The maximum absolute atomic E-state index is 5.98. The first kappa shape index (κ1) is 9.01. The Hall–Kier alpha value is -0.0800. The molecule has 11 heavy (non-hydrogen) atoms. The predicted octanol–water partition coefficient (Wildman–Crippen LogP) is 1.54. The Labute approximate surface area is 69.1 Å². The van der Waals surface area contributed by atoms with Crippen LogP contribution in [-0.2, 0) is 4.74 Å². The second-order valence-corrected chi connectivity index (χ2v) is 3.43. The molecule has 1 rings (SSSR count). The van der Waals surface area contributed by atoms with Crippen molar-refractivity contribution in [2.45, 2.75) is 45.3 Å². The van der Waals surface area contributed by atoms with Crippen LogP contribution in [0, 0.1) is 5.92 Å². The molecule has 0 aliphatic heterocycles. The van der Waals surface area contributed by atoms with Crippen molar-refractivity contribution < 1.29 is 4.74 Å². The van der Waals surface area contributed by atoms with Crippen LogP contribution in [0.3, 0.4) is 0 Å². The summed E-state index contributed by atoms with van der Waals surface area (Å²) in [5.74, 6) is 0.733. The Bertz CT molecular complexity index is 112. The Morgan fingerprint density at radius 1 is 1.55 bits per heavy atom. The molecule has 2 unspecified atom stereocenters. The predicted molar refractivity (Wildman–Crippen MR) is 46.4 cm³/mol. The molecule has 2 heteroatoms. The Balaban J connectivity index is 2.21. The largest absolute Gasteiger partial charge is 0.377 e. The van der Waals surface area contributed by atoms with Crippen molar-refractivity contribution in [2.24, 2.45) is 11.7 Å². The smallest absolute Gasteiger partial charge is 0.0700 e. The van der Waals surface area contributed by atoms with Gasteiger partial charge in [-0.15, -0.1) is 0 Å². The van der Waals surface area contributed by atoms with Gasteiger partial charge in [-0.2, -0.15) is 0 Å². The minimum atomic E-state index is 0.241. The van der Waals surface area contributed by atoms with Gasteiger partial charge in [-0.25, -0.2) is 0 Å². The summed E-state index contributed by atoms with van der Waals surface area (Å²) < 4.78 is 5.44. The second-order valence-electron chi connectivity index (χ2n) is 3.43. The molecule has 2 atom stereocenters. The summed E-state index contributed by atoms with van der Waals surface area (Å²) >= 11 is 0. The molecule has 0 spiro atoms. The van der Waals surface area contributed by atoms with E-state index in [9.17, 15) is 0 Å². The highest BCUT2D eigenvalue weighted by molar-refractivity contribution is 4.83. The molecule has 0 heterocycles. The van der Waals surface area contributed by atoms with Gasteiger partial charge in [0.05, 0.1) is 6.10 Å². The molecule has 0 aromatic carbocycles. The summed E-state index contributed by atoms with van der Waals surface area (Å²) in [6, 6.07) is 0.267. The van der Waals surface area contributed by atoms with Gasteiger partial charge in [0, 0.05) is 12.6 Å². The third kappa shape index (κ3) is 2.17. The molecule has 2 nitrogen and oxygen atoms in total. The zero-order valence-electron chi connectivity index (χ0n) is 7.55. The molecule has 1 aliphatic carbocycles. The fraction of sp³-hybridized carbons (Fsp3) is 1.00. The van der Waals surface area contributed by atoms with Crippen LogP contribution >= 0.6 is 0 Å². The van der Waals surface area contributed by atoms with E-state index in [1.807, 2.05) is 6.92 Å². The van der Waals surface area contributed by atoms with Crippen LogP contribution in [0.1, 0.15) is 33.1 Å². The van der Waals surface area contributed by atoms with E-state index in [2.05, 4.69) is 6.92 Å². The van der Waals surface area contributed by atoms with Crippen LogP contribution in [0.5, 0.6) is 0 Å². The SMILES string of the molecule is CCOC(C)C(N)C1CCC1. The number of hydrogen-bond donors (Lipinski definition) is 1. The summed E-state index contributed by atoms with van der Waals surface area (Å²) in [4.78, 5) is 0. The lowest BCUT2D eigenvalue weighted by Crippen LogP contribution is -2.43. The van der Waals surface area contributed by atoms with Crippen LogP contribution in [0.25, 0.3) is 0 Å². The highest BCUT2D eigenvalue weighted by atomic mass is 16.5. The number of hydrogen-bond acceptors (Lipinski definition) is 2. The Morgan fingerprint density at radius 3 is 2.55 bits per heavy atom. The molecule has 2 N–H and O–H groups in total. The van der Waals surface area contributed by atoms with Crippen molar-refractivity contribution in [2.75, 3.05) is 6.61 Å². The minimum Gasteiger partial charge on any atom is -0.377 e. The monoisotopic (exact) mass is 157 g/mol. The molecule has 1 fully saturated rings. The maximum atomic E-state index is 5.98. The normalized spacial score (nSPS) is 24.3. The van der Waals surface area contributed by atoms with Gasteiger partial charge in [-0.05, 0) is 32.6 Å². The highest BCUT2D eigenvalue weighted by Gasteiger charge is 2.28. The maximum Gasteiger partial charge on any atom is 0.0700 e. The first-order valence-corrected chi connectivity index (χ1v) is 4.63. The van der Waals surface area contributed by atoms with E-state index < -0.39 is 0 Å². The molecule has 1 saturated carbocycles. The summed E-state index contributed by atoms with van der Waals surface area (Å²) in [5.41, 5.74) is 5.98. The van der Waals surface area contributed by atoms with Crippen molar-refractivity contribution in [1.82, 2.24) is 0 Å². The average Bonchev–Trinajstić information content (AvgIpc) is 1.84. The fourth-order valence-corrected chi connectivity index (χ4v) is 1.58. The van der Waals surface area contributed by atoms with Gasteiger partial charge in [-0.3, -0.25) is 0 Å². The van der Waals surface area contributed by atoms with E-state index in [-0.39, 0.29) is 12.1 Å². The summed E-state index contributed by atoms with van der Waals surface area (Å²) in [7, 11) is 0. The van der Waals surface area contributed by atoms with Crippen LogP contribution in [-0.4, -0.2) is 18.8 Å². The van der Waals surface area contributed by atoms with Gasteiger partial charge < -0.3 is 10.5 Å². The topological polar surface area (TPSA) is 35.2 Å². The molecule has 0 aromatic rings. The lowest BCUT2D eigenvalue weighted by atomic mass is 9.78. The number of rotatable bonds is 4. The molecular formula is C9H19NO. The zero-order chi connectivity index (χ0) is 8.27. The van der Waals surface area contributed by atoms with Crippen LogP contribution in [0.15, 0.2) is 0 Å². The molecule has 1 aliphatic rings. The van der Waals surface area contributed by atoms with Crippen LogP contribution in [0.4, 0.5) is 0 Å². The third-order valence-corrected chi connectivity index (χ3v) is 2.67. The van der Waals surface area contributed by atoms with Crippen molar-refractivity contribution in [1.29, 1.82) is 0 Å². The number of ether oxygens (including phenoxy) is 1. The van der Waals surface area contributed by atoms with E-state index in [0.29, 0.717) is 0 Å². The summed E-state index contributed by atoms with van der Waals surface area (Å²) in [6.07, 6.45) is 4.21. The lowest BCUT2D eigenvalue weighted by Gasteiger charge is -2.34. The van der Waals surface area contributed by atoms with Gasteiger partial charge in [0.2, 0.25) is 0 Å². The number of nitrogens with two attached hydrogens (primary N) is 1. The molecular weight excluding hydrogens is 138 g/mol. The Kier molecular flexibility index (Phi) is 3.34. The molecule has 0 amide bonds. The highest BCUT2D eigenvalue weighted by Crippen LogP contribution is 2.30. The van der Waals surface area contributed by atoms with E-state index in [4.69, 9.17) is 10.5 Å². The molecule has 0 radical (unpaired) electrons. The van der Waals surface area contributed by atoms with Gasteiger partial charge in [0.15, 0.2) is 0 Å². The van der Waals surface area contributed by atoms with Crippen molar-refractivity contribution in [3.63, 3.8) is 0 Å². The van der Waals surface area contributed by atoms with E-state index in [0.717, 1.165) is 12.5 Å². The molecule has 66 valence electrons. The second kappa shape index (κ2) is 4.07. The van der Waals surface area contributed by atoms with Crippen molar-refractivity contribution in [3.05, 3.63) is 0 Å². The zero-order valence-corrected chi connectivity index (χ0v) is 7.55. The van der Waals surface area contributed by atoms with Gasteiger partial charge in [0.25, 0.3) is 0 Å². The van der Waals surface area contributed by atoms with Crippen LogP contribution < -0.4 is 5.73 Å². The molecule has 0 aromatic heterocycles. The van der Waals surface area contributed by atoms with Gasteiger partial charge >= 0.3 is 0 Å². The quantitative estimate of drug-likeness (QED) is 0.672. The van der Waals surface area contributed by atoms with E-state index in [1.165, 1.54) is 19.3 Å². The third-order valence-electron chi connectivity index (χ3n) is 2.67. The van der Waals surface area contributed by atoms with E-state index >= 15 is 0 Å². The molecule has 0 bridgehead atoms. The Morgan fingerprint density at radius 2 is 2.18 bits per heavy atom. The fourth-order valence-electron chi connectivity index (χ4n) is 1.58. The first-order valence-electron chi connectivity index (χ1n) is 4.63. The molecule has 0 saturated heterocycles. The first-order chi connectivity index (χ1) is 5.25. The lowest BCUT2D eigenvalue weighted by molar-refractivity contribution is 0.0291.